The Morgan fingerprint density at radius 2 is 1.84 bits per heavy atom. The van der Waals surface area contributed by atoms with Gasteiger partial charge in [0.05, 0.1) is 18.7 Å². The predicted octanol–water partition coefficient (Wildman–Crippen LogP) is 1.18. The first-order chi connectivity index (χ1) is 14.5. The van der Waals surface area contributed by atoms with E-state index in [2.05, 4.69) is 33.1 Å². The SMILES string of the molecule is C/C(=N\NC(=O)CC(C)(C)S)c1cnc(OCCCC(=O)ON2C(=O)CCC2=O)nc1. The molecule has 11 nitrogen and oxygen atoms in total. The molecule has 0 unspecified atom stereocenters. The number of carbonyl (C=O) groups is 4. The standard InChI is InChI=1S/C19H25N5O6S/c1-12(22-23-14(25)9-19(2,3)31)13-10-20-18(21-11-13)29-8-4-5-17(28)30-24-15(26)6-7-16(24)27/h10-11,31H,4-9H2,1-3H3,(H,23,25)/b22-12+. The highest BCUT2D eigenvalue weighted by Crippen LogP contribution is 2.16. The Labute approximate surface area is 184 Å². The second kappa shape index (κ2) is 10.8. The maximum atomic E-state index is 11.8. The third-order valence-corrected chi connectivity index (χ3v) is 4.10. The molecule has 1 aromatic heterocycles. The first-order valence-corrected chi connectivity index (χ1v) is 10.1. The van der Waals surface area contributed by atoms with E-state index in [1.165, 1.54) is 12.4 Å². The van der Waals surface area contributed by atoms with Gasteiger partial charge in [-0.3, -0.25) is 14.4 Å². The zero-order chi connectivity index (χ0) is 23.0. The molecule has 0 saturated carbocycles. The van der Waals surface area contributed by atoms with E-state index in [0.29, 0.717) is 16.3 Å². The van der Waals surface area contributed by atoms with Gasteiger partial charge in [0.1, 0.15) is 0 Å². The number of ether oxygens (including phenoxy) is 1. The van der Waals surface area contributed by atoms with Crippen molar-refractivity contribution in [3.05, 3.63) is 18.0 Å². The number of rotatable bonds is 10. The zero-order valence-corrected chi connectivity index (χ0v) is 18.5. The Bertz CT molecular complexity index is 850. The molecule has 2 heterocycles. The van der Waals surface area contributed by atoms with Gasteiger partial charge in [0.2, 0.25) is 5.91 Å². The van der Waals surface area contributed by atoms with Gasteiger partial charge in [0, 0.05) is 42.0 Å². The topological polar surface area (TPSA) is 140 Å². The molecule has 0 spiro atoms. The molecule has 12 heteroatoms. The van der Waals surface area contributed by atoms with Crippen LogP contribution in [-0.4, -0.2) is 55.8 Å². The van der Waals surface area contributed by atoms with E-state index in [1.54, 1.807) is 6.92 Å². The van der Waals surface area contributed by atoms with Crippen LogP contribution in [0.3, 0.4) is 0 Å². The van der Waals surface area contributed by atoms with Gasteiger partial charge in [0.15, 0.2) is 0 Å². The van der Waals surface area contributed by atoms with Crippen LogP contribution in [0.2, 0.25) is 0 Å². The number of hydrogen-bond donors (Lipinski definition) is 2. The van der Waals surface area contributed by atoms with E-state index in [4.69, 9.17) is 9.57 Å². The van der Waals surface area contributed by atoms with Crippen molar-refractivity contribution >= 4 is 42.0 Å². The molecule has 0 aromatic carbocycles. The first-order valence-electron chi connectivity index (χ1n) is 9.62. The number of thiol groups is 1. The van der Waals surface area contributed by atoms with E-state index in [0.717, 1.165) is 0 Å². The fourth-order valence-corrected chi connectivity index (χ4v) is 2.55. The van der Waals surface area contributed by atoms with Crippen molar-refractivity contribution in [3.8, 4) is 6.01 Å². The number of hydrogen-bond acceptors (Lipinski definition) is 10. The Morgan fingerprint density at radius 1 is 1.23 bits per heavy atom. The molecule has 2 rings (SSSR count). The summed E-state index contributed by atoms with van der Waals surface area (Å²) in [4.78, 5) is 59.1. The molecule has 0 radical (unpaired) electrons. The smallest absolute Gasteiger partial charge is 0.333 e. The molecule has 1 N–H and O–H groups in total. The molecule has 0 atom stereocenters. The molecular formula is C19H25N5O6S. The fraction of sp³-hybridized carbons (Fsp3) is 0.526. The molecule has 3 amide bonds. The van der Waals surface area contributed by atoms with E-state index in [9.17, 15) is 19.2 Å². The van der Waals surface area contributed by atoms with Gasteiger partial charge in [-0.15, -0.1) is 5.06 Å². The van der Waals surface area contributed by atoms with Crippen LogP contribution < -0.4 is 10.2 Å². The van der Waals surface area contributed by atoms with Crippen LogP contribution in [0.25, 0.3) is 0 Å². The minimum absolute atomic E-state index is 0.0380. The van der Waals surface area contributed by atoms with Crippen LogP contribution in [-0.2, 0) is 24.0 Å². The monoisotopic (exact) mass is 451 g/mol. The Morgan fingerprint density at radius 3 is 2.42 bits per heavy atom. The fourth-order valence-electron chi connectivity index (χ4n) is 2.41. The van der Waals surface area contributed by atoms with Crippen molar-refractivity contribution in [2.24, 2.45) is 5.10 Å². The average Bonchev–Trinajstić information content (AvgIpc) is 3.00. The van der Waals surface area contributed by atoms with Crippen molar-refractivity contribution in [1.82, 2.24) is 20.5 Å². The molecule has 1 aromatic rings. The van der Waals surface area contributed by atoms with Gasteiger partial charge in [0.25, 0.3) is 11.8 Å². The second-order valence-corrected chi connectivity index (χ2v) is 8.68. The molecule has 1 aliphatic heterocycles. The van der Waals surface area contributed by atoms with Gasteiger partial charge >= 0.3 is 12.0 Å². The van der Waals surface area contributed by atoms with E-state index >= 15 is 0 Å². The molecule has 1 fully saturated rings. The number of hydroxylamine groups is 2. The second-order valence-electron chi connectivity index (χ2n) is 7.47. The molecule has 1 saturated heterocycles. The van der Waals surface area contributed by atoms with Gasteiger partial charge in [-0.1, -0.05) is 13.8 Å². The Kier molecular flexibility index (Phi) is 8.48. The number of hydrazone groups is 1. The van der Waals surface area contributed by atoms with Gasteiger partial charge < -0.3 is 9.57 Å². The molecule has 1 aliphatic rings. The summed E-state index contributed by atoms with van der Waals surface area (Å²) in [6.07, 6.45) is 3.55. The number of nitrogens with one attached hydrogen (secondary N) is 1. The normalized spacial score (nSPS) is 14.6. The minimum atomic E-state index is -0.696. The molecular weight excluding hydrogens is 426 g/mol. The first kappa shape index (κ1) is 24.3. The number of carbonyl (C=O) groups excluding carboxylic acids is 4. The van der Waals surface area contributed by atoms with Crippen LogP contribution in [0, 0.1) is 0 Å². The third-order valence-electron chi connectivity index (χ3n) is 3.94. The lowest BCUT2D eigenvalue weighted by Gasteiger charge is -2.15. The van der Waals surface area contributed by atoms with Crippen molar-refractivity contribution in [2.75, 3.05) is 6.61 Å². The average molecular weight is 452 g/mol. The molecule has 0 aliphatic carbocycles. The van der Waals surface area contributed by atoms with Crippen LogP contribution in [0.4, 0.5) is 0 Å². The van der Waals surface area contributed by atoms with E-state index < -0.39 is 22.5 Å². The summed E-state index contributed by atoms with van der Waals surface area (Å²) in [5, 5.41) is 4.53. The zero-order valence-electron chi connectivity index (χ0n) is 17.6. The lowest BCUT2D eigenvalue weighted by Crippen LogP contribution is -2.32. The van der Waals surface area contributed by atoms with Crippen molar-refractivity contribution < 1.29 is 28.8 Å². The number of imide groups is 1. The lowest BCUT2D eigenvalue weighted by molar-refractivity contribution is -0.197. The van der Waals surface area contributed by atoms with Crippen molar-refractivity contribution in [1.29, 1.82) is 0 Å². The summed E-state index contributed by atoms with van der Waals surface area (Å²) in [5.41, 5.74) is 3.58. The third kappa shape index (κ3) is 8.32. The maximum Gasteiger partial charge on any atom is 0.333 e. The predicted molar refractivity (Wildman–Crippen MR) is 112 cm³/mol. The minimum Gasteiger partial charge on any atom is -0.463 e. The highest BCUT2D eigenvalue weighted by molar-refractivity contribution is 7.81. The van der Waals surface area contributed by atoms with Gasteiger partial charge in [-0.05, 0) is 13.3 Å². The molecule has 168 valence electrons. The number of aromatic nitrogens is 2. The quantitative estimate of drug-likeness (QED) is 0.178. The maximum absolute atomic E-state index is 11.8. The Balaban J connectivity index is 1.72. The number of amides is 3. The summed E-state index contributed by atoms with van der Waals surface area (Å²) in [5.74, 6) is -1.99. The van der Waals surface area contributed by atoms with Crippen LogP contribution in [0.15, 0.2) is 17.5 Å². The lowest BCUT2D eigenvalue weighted by atomic mass is 10.1. The van der Waals surface area contributed by atoms with Crippen LogP contribution in [0.1, 0.15) is 58.4 Å². The summed E-state index contributed by atoms with van der Waals surface area (Å²) >= 11 is 4.30. The van der Waals surface area contributed by atoms with Gasteiger partial charge in [-0.2, -0.15) is 17.7 Å². The largest absolute Gasteiger partial charge is 0.463 e. The van der Waals surface area contributed by atoms with Crippen molar-refractivity contribution in [2.45, 2.75) is 57.6 Å². The summed E-state index contributed by atoms with van der Waals surface area (Å²) in [6, 6.07) is 0.107. The molecule has 0 bridgehead atoms. The van der Waals surface area contributed by atoms with E-state index in [1.807, 2.05) is 13.8 Å². The number of nitrogens with zero attached hydrogens (tertiary/aromatic N) is 4. The summed E-state index contributed by atoms with van der Waals surface area (Å²) in [6.45, 7) is 5.50. The molecule has 31 heavy (non-hydrogen) atoms. The highest BCUT2D eigenvalue weighted by Gasteiger charge is 2.32. The Hall–Kier alpha value is -3.02. The van der Waals surface area contributed by atoms with Crippen LogP contribution in [0.5, 0.6) is 6.01 Å². The van der Waals surface area contributed by atoms with E-state index in [-0.39, 0.29) is 50.6 Å². The van der Waals surface area contributed by atoms with Gasteiger partial charge in [-0.25, -0.2) is 20.2 Å². The summed E-state index contributed by atoms with van der Waals surface area (Å²) < 4.78 is 4.93. The highest BCUT2D eigenvalue weighted by atomic mass is 32.1. The summed E-state index contributed by atoms with van der Waals surface area (Å²) in [7, 11) is 0. The van der Waals surface area contributed by atoms with Crippen LogP contribution >= 0.6 is 12.6 Å². The van der Waals surface area contributed by atoms with Crippen molar-refractivity contribution in [3.63, 3.8) is 0 Å².